The van der Waals surface area contributed by atoms with E-state index in [0.29, 0.717) is 5.56 Å². The Balaban J connectivity index is 2.91. The van der Waals surface area contributed by atoms with Crippen LogP contribution in [0, 0.1) is 11.3 Å². The van der Waals surface area contributed by atoms with Crippen molar-refractivity contribution < 1.29 is 0 Å². The van der Waals surface area contributed by atoms with Gasteiger partial charge in [-0.1, -0.05) is 0 Å². The van der Waals surface area contributed by atoms with Crippen molar-refractivity contribution in [3.05, 3.63) is 18.0 Å². The Morgan fingerprint density at radius 1 is 1.70 bits per heavy atom. The van der Waals surface area contributed by atoms with Crippen LogP contribution in [-0.4, -0.2) is 24.0 Å². The molecule has 0 fully saturated rings. The Bertz CT molecular complexity index is 255. The summed E-state index contributed by atoms with van der Waals surface area (Å²) < 4.78 is 0. The molecule has 0 N–H and O–H groups in total. The maximum atomic E-state index is 8.41. The van der Waals surface area contributed by atoms with Gasteiger partial charge in [0.15, 0.2) is 0 Å². The van der Waals surface area contributed by atoms with Gasteiger partial charge in [0, 0.05) is 14.1 Å². The maximum absolute atomic E-state index is 8.41. The molecule has 0 aliphatic heterocycles. The van der Waals surface area contributed by atoms with Crippen LogP contribution in [0.4, 0.5) is 0 Å². The monoisotopic (exact) mass is 136 g/mol. The quantitative estimate of drug-likeness (QED) is 0.543. The van der Waals surface area contributed by atoms with Gasteiger partial charge in [-0.25, -0.2) is 0 Å². The van der Waals surface area contributed by atoms with Gasteiger partial charge in [0.2, 0.25) is 0 Å². The minimum absolute atomic E-state index is 0.578. The number of nitriles is 1. The number of hydrogen-bond acceptors (Lipinski definition) is 3. The molecule has 4 heteroatoms. The van der Waals surface area contributed by atoms with Crippen molar-refractivity contribution in [3.63, 3.8) is 0 Å². The van der Waals surface area contributed by atoms with Crippen LogP contribution in [0.5, 0.6) is 0 Å². The molecule has 10 heavy (non-hydrogen) atoms. The second-order valence-electron chi connectivity index (χ2n) is 2.11. The predicted octanol–water partition coefficient (Wildman–Crippen LogP) is -0.0476. The van der Waals surface area contributed by atoms with Crippen molar-refractivity contribution >= 4 is 0 Å². The molecule has 0 radical (unpaired) electrons. The fourth-order valence-electron chi connectivity index (χ4n) is 0.589. The van der Waals surface area contributed by atoms with E-state index in [1.54, 1.807) is 16.0 Å². The van der Waals surface area contributed by atoms with Gasteiger partial charge in [-0.2, -0.15) is 15.2 Å². The summed E-state index contributed by atoms with van der Waals surface area (Å²) in [4.78, 5) is 1.60. The minimum Gasteiger partial charge on any atom is -0.303 e. The SMILES string of the molecule is CN(C)n1cc(C#N)cn1. The average Bonchev–Trinajstić information content (AvgIpc) is 2.34. The highest BCUT2D eigenvalue weighted by Crippen LogP contribution is 1.92. The topological polar surface area (TPSA) is 44.9 Å². The summed E-state index contributed by atoms with van der Waals surface area (Å²) in [7, 11) is 3.71. The van der Waals surface area contributed by atoms with E-state index in [0.717, 1.165) is 0 Å². The molecule has 1 rings (SSSR count). The number of aromatic nitrogens is 2. The summed E-state index contributed by atoms with van der Waals surface area (Å²) in [6.45, 7) is 0. The standard InChI is InChI=1S/C6H8N4/c1-9(2)10-5-6(3-7)4-8-10/h4-5H,1-2H3. The Hall–Kier alpha value is -1.50. The minimum atomic E-state index is 0.578. The molecule has 0 spiro atoms. The second kappa shape index (κ2) is 2.40. The van der Waals surface area contributed by atoms with E-state index in [-0.39, 0.29) is 0 Å². The Labute approximate surface area is 59.3 Å². The van der Waals surface area contributed by atoms with E-state index in [1.165, 1.54) is 6.20 Å². The molecular formula is C6H8N4. The van der Waals surface area contributed by atoms with Crippen LogP contribution in [0.15, 0.2) is 12.4 Å². The molecule has 0 aromatic carbocycles. The first-order valence-corrected chi connectivity index (χ1v) is 2.86. The van der Waals surface area contributed by atoms with E-state index in [9.17, 15) is 0 Å². The third-order valence-corrected chi connectivity index (χ3v) is 1.11. The normalized spacial score (nSPS) is 8.90. The summed E-state index contributed by atoms with van der Waals surface area (Å²) in [5.41, 5.74) is 0.578. The molecule has 0 aliphatic rings. The van der Waals surface area contributed by atoms with Crippen LogP contribution in [0.1, 0.15) is 5.56 Å². The van der Waals surface area contributed by atoms with Crippen LogP contribution in [0.3, 0.4) is 0 Å². The van der Waals surface area contributed by atoms with Gasteiger partial charge in [0.1, 0.15) is 6.07 Å². The van der Waals surface area contributed by atoms with Gasteiger partial charge >= 0.3 is 0 Å². The molecule has 1 aromatic rings. The molecular weight excluding hydrogens is 128 g/mol. The highest BCUT2D eigenvalue weighted by atomic mass is 15.6. The predicted molar refractivity (Wildman–Crippen MR) is 37.0 cm³/mol. The maximum Gasteiger partial charge on any atom is 0.103 e. The van der Waals surface area contributed by atoms with Crippen LogP contribution >= 0.6 is 0 Å². The molecule has 0 saturated heterocycles. The number of nitrogens with zero attached hydrogens (tertiary/aromatic N) is 4. The largest absolute Gasteiger partial charge is 0.303 e. The molecule has 52 valence electrons. The fourth-order valence-corrected chi connectivity index (χ4v) is 0.589. The van der Waals surface area contributed by atoms with E-state index in [4.69, 9.17) is 5.26 Å². The van der Waals surface area contributed by atoms with Crippen molar-refractivity contribution in [2.75, 3.05) is 19.1 Å². The van der Waals surface area contributed by atoms with E-state index in [2.05, 4.69) is 5.10 Å². The van der Waals surface area contributed by atoms with Gasteiger partial charge < -0.3 is 5.01 Å². The first-order valence-electron chi connectivity index (χ1n) is 2.86. The second-order valence-corrected chi connectivity index (χ2v) is 2.11. The van der Waals surface area contributed by atoms with E-state index >= 15 is 0 Å². The van der Waals surface area contributed by atoms with E-state index < -0.39 is 0 Å². The van der Waals surface area contributed by atoms with Crippen molar-refractivity contribution in [2.24, 2.45) is 0 Å². The highest BCUT2D eigenvalue weighted by Gasteiger charge is 1.95. The lowest BCUT2D eigenvalue weighted by molar-refractivity contribution is 0.638. The smallest absolute Gasteiger partial charge is 0.103 e. The van der Waals surface area contributed by atoms with Crippen molar-refractivity contribution in [1.82, 2.24) is 9.89 Å². The molecule has 0 atom stereocenters. The molecule has 0 saturated carbocycles. The third-order valence-electron chi connectivity index (χ3n) is 1.11. The van der Waals surface area contributed by atoms with Gasteiger partial charge in [-0.3, -0.25) is 0 Å². The summed E-state index contributed by atoms with van der Waals surface area (Å²) >= 11 is 0. The van der Waals surface area contributed by atoms with Crippen molar-refractivity contribution in [1.29, 1.82) is 5.26 Å². The summed E-state index contributed by atoms with van der Waals surface area (Å²) in [6, 6.07) is 1.99. The van der Waals surface area contributed by atoms with Crippen LogP contribution < -0.4 is 5.01 Å². The van der Waals surface area contributed by atoms with Crippen LogP contribution in [-0.2, 0) is 0 Å². The zero-order valence-electron chi connectivity index (χ0n) is 5.94. The van der Waals surface area contributed by atoms with Gasteiger partial charge in [0.05, 0.1) is 18.0 Å². The third kappa shape index (κ3) is 1.08. The fraction of sp³-hybridized carbons (Fsp3) is 0.333. The van der Waals surface area contributed by atoms with Crippen molar-refractivity contribution in [3.8, 4) is 6.07 Å². The Morgan fingerprint density at radius 2 is 2.40 bits per heavy atom. The number of hydrogen-bond donors (Lipinski definition) is 0. The zero-order chi connectivity index (χ0) is 7.56. The molecule has 0 unspecified atom stereocenters. The first kappa shape index (κ1) is 6.62. The summed E-state index contributed by atoms with van der Waals surface area (Å²) in [6.07, 6.45) is 3.19. The molecule has 1 aromatic heterocycles. The Kier molecular flexibility index (Phi) is 1.59. The molecule has 1 heterocycles. The van der Waals surface area contributed by atoms with Gasteiger partial charge in [0.25, 0.3) is 0 Å². The molecule has 0 bridgehead atoms. The summed E-state index contributed by atoms with van der Waals surface area (Å²) in [5.74, 6) is 0. The Morgan fingerprint density at radius 3 is 2.70 bits per heavy atom. The average molecular weight is 136 g/mol. The zero-order valence-corrected chi connectivity index (χ0v) is 5.94. The van der Waals surface area contributed by atoms with Crippen LogP contribution in [0.2, 0.25) is 0 Å². The first-order chi connectivity index (χ1) is 4.74. The van der Waals surface area contributed by atoms with Gasteiger partial charge in [-0.05, 0) is 0 Å². The molecule has 0 aliphatic carbocycles. The van der Waals surface area contributed by atoms with E-state index in [1.807, 2.05) is 20.2 Å². The molecule has 4 nitrogen and oxygen atoms in total. The lowest BCUT2D eigenvalue weighted by Gasteiger charge is -2.10. The highest BCUT2D eigenvalue weighted by molar-refractivity contribution is 5.21. The van der Waals surface area contributed by atoms with Crippen molar-refractivity contribution in [2.45, 2.75) is 0 Å². The van der Waals surface area contributed by atoms with Crippen LogP contribution in [0.25, 0.3) is 0 Å². The summed E-state index contributed by atoms with van der Waals surface area (Å²) in [5, 5.41) is 14.1. The van der Waals surface area contributed by atoms with Gasteiger partial charge in [-0.15, -0.1) is 0 Å². The molecule has 0 amide bonds. The lowest BCUT2D eigenvalue weighted by Crippen LogP contribution is -2.24. The lowest BCUT2D eigenvalue weighted by atomic mass is 10.4. The number of rotatable bonds is 1.